The average molecular weight is 507 g/mol. The number of rotatable bonds is 5. The number of imidazole rings is 1. The summed E-state index contributed by atoms with van der Waals surface area (Å²) in [6.07, 6.45) is -6.43. The van der Waals surface area contributed by atoms with E-state index in [1.165, 1.54) is 25.8 Å². The van der Waals surface area contributed by atoms with E-state index in [9.17, 15) is 22.8 Å². The first-order valence-electron chi connectivity index (χ1n) is 10.6. The van der Waals surface area contributed by atoms with Gasteiger partial charge in [-0.15, -0.1) is 5.92 Å². The fourth-order valence-corrected chi connectivity index (χ4v) is 4.40. The molecule has 1 fully saturated rings. The number of nitrogens with zero attached hydrogens (tertiary/aromatic N) is 5. The lowest BCUT2D eigenvalue weighted by Gasteiger charge is -2.36. The van der Waals surface area contributed by atoms with Crippen molar-refractivity contribution >= 4 is 34.8 Å². The van der Waals surface area contributed by atoms with Gasteiger partial charge in [-0.2, -0.15) is 18.2 Å². The zero-order valence-corrected chi connectivity index (χ0v) is 19.6. The number of halogens is 3. The quantitative estimate of drug-likeness (QED) is 0.320. The van der Waals surface area contributed by atoms with Crippen molar-refractivity contribution in [3.63, 3.8) is 0 Å². The second kappa shape index (κ2) is 10.0. The van der Waals surface area contributed by atoms with E-state index in [1.807, 2.05) is 30.3 Å². The standard InChI is InChI=1S/C22H21F3N6O3S/c1-3-4-11-31-16-17(28-21(29(2)18(16)32)35-14-8-6-5-7-9-14)27-20(31)30-12-10-26-13-15(30)34-19(33)22(23,24)25/h5-9,15,26H,10-13H2,1-2H3. The molecule has 2 aromatic heterocycles. The SMILES string of the molecule is CC#CCn1c(N2CCNCC2OC(=O)C(F)(F)F)nc2nc(Sc3ccccc3)n(C)c(=O)c21. The number of hydrogen-bond acceptors (Lipinski definition) is 8. The molecule has 3 heterocycles. The summed E-state index contributed by atoms with van der Waals surface area (Å²) in [4.78, 5) is 36.2. The van der Waals surface area contributed by atoms with Crippen molar-refractivity contribution in [1.29, 1.82) is 0 Å². The lowest BCUT2D eigenvalue weighted by Crippen LogP contribution is -2.55. The minimum atomic E-state index is -5.14. The number of ether oxygens (including phenoxy) is 1. The minimum Gasteiger partial charge on any atom is -0.433 e. The van der Waals surface area contributed by atoms with Gasteiger partial charge in [0.1, 0.15) is 0 Å². The Morgan fingerprint density at radius 1 is 1.29 bits per heavy atom. The maximum Gasteiger partial charge on any atom is 0.491 e. The molecule has 1 unspecified atom stereocenters. The van der Waals surface area contributed by atoms with Crippen LogP contribution in [-0.2, 0) is 23.1 Å². The van der Waals surface area contributed by atoms with Crippen LogP contribution in [0.5, 0.6) is 0 Å². The zero-order chi connectivity index (χ0) is 25.2. The highest BCUT2D eigenvalue weighted by Crippen LogP contribution is 2.28. The normalized spacial score (nSPS) is 16.1. The van der Waals surface area contributed by atoms with Gasteiger partial charge in [0.2, 0.25) is 5.95 Å². The third-order valence-corrected chi connectivity index (χ3v) is 6.27. The molecule has 4 rings (SSSR count). The van der Waals surface area contributed by atoms with E-state index in [-0.39, 0.29) is 42.3 Å². The molecule has 0 aliphatic carbocycles. The molecular formula is C22H21F3N6O3S. The Labute approximate surface area is 202 Å². The first-order chi connectivity index (χ1) is 16.7. The molecule has 0 radical (unpaired) electrons. The van der Waals surface area contributed by atoms with Gasteiger partial charge in [0.25, 0.3) is 5.56 Å². The number of aromatic nitrogens is 4. The summed E-state index contributed by atoms with van der Waals surface area (Å²) in [6.45, 7) is 2.22. The van der Waals surface area contributed by atoms with Gasteiger partial charge >= 0.3 is 12.1 Å². The van der Waals surface area contributed by atoms with Crippen molar-refractivity contribution in [1.82, 2.24) is 24.4 Å². The van der Waals surface area contributed by atoms with E-state index in [0.717, 1.165) is 4.90 Å². The van der Waals surface area contributed by atoms with Crippen LogP contribution in [-0.4, -0.2) is 57.1 Å². The van der Waals surface area contributed by atoms with E-state index in [0.29, 0.717) is 11.7 Å². The van der Waals surface area contributed by atoms with Crippen LogP contribution in [0.3, 0.4) is 0 Å². The summed E-state index contributed by atoms with van der Waals surface area (Å²) in [7, 11) is 1.58. The van der Waals surface area contributed by atoms with Gasteiger partial charge in [0.15, 0.2) is 22.5 Å². The highest BCUT2D eigenvalue weighted by molar-refractivity contribution is 7.99. The summed E-state index contributed by atoms with van der Waals surface area (Å²) in [5, 5.41) is 3.30. The summed E-state index contributed by atoms with van der Waals surface area (Å²) in [6, 6.07) is 9.35. The number of benzene rings is 1. The van der Waals surface area contributed by atoms with E-state index in [2.05, 4.69) is 27.1 Å². The van der Waals surface area contributed by atoms with Gasteiger partial charge in [0, 0.05) is 25.0 Å². The Hall–Kier alpha value is -3.50. The van der Waals surface area contributed by atoms with Crippen LogP contribution in [0, 0.1) is 11.8 Å². The monoisotopic (exact) mass is 506 g/mol. The minimum absolute atomic E-state index is 0.0499. The first kappa shape index (κ1) is 24.6. The van der Waals surface area contributed by atoms with Crippen LogP contribution < -0.4 is 15.8 Å². The molecule has 1 aliphatic rings. The van der Waals surface area contributed by atoms with Gasteiger partial charge < -0.3 is 15.0 Å². The Morgan fingerprint density at radius 2 is 2.03 bits per heavy atom. The molecule has 1 N–H and O–H groups in total. The van der Waals surface area contributed by atoms with Crippen LogP contribution in [0.25, 0.3) is 11.2 Å². The molecule has 0 saturated carbocycles. The highest BCUT2D eigenvalue weighted by Gasteiger charge is 2.44. The molecule has 1 aromatic carbocycles. The molecule has 1 saturated heterocycles. The molecule has 13 heteroatoms. The summed E-state index contributed by atoms with van der Waals surface area (Å²) < 4.78 is 46.2. The molecule has 0 bridgehead atoms. The van der Waals surface area contributed by atoms with E-state index in [1.54, 1.807) is 14.0 Å². The van der Waals surface area contributed by atoms with E-state index in [4.69, 9.17) is 4.74 Å². The number of nitrogens with one attached hydrogen (secondary N) is 1. The molecule has 9 nitrogen and oxygen atoms in total. The van der Waals surface area contributed by atoms with Crippen molar-refractivity contribution in [3.05, 3.63) is 40.7 Å². The number of anilines is 1. The van der Waals surface area contributed by atoms with E-state index < -0.39 is 18.4 Å². The maximum absolute atomic E-state index is 13.3. The Bertz CT molecular complexity index is 1360. The lowest BCUT2D eigenvalue weighted by atomic mass is 10.3. The molecule has 0 amide bonds. The smallest absolute Gasteiger partial charge is 0.433 e. The average Bonchev–Trinajstić information content (AvgIpc) is 3.19. The van der Waals surface area contributed by atoms with Crippen molar-refractivity contribution in [2.45, 2.75) is 35.9 Å². The maximum atomic E-state index is 13.3. The largest absolute Gasteiger partial charge is 0.491 e. The van der Waals surface area contributed by atoms with Crippen molar-refractivity contribution in [3.8, 4) is 11.8 Å². The molecule has 184 valence electrons. The van der Waals surface area contributed by atoms with Crippen LogP contribution >= 0.6 is 11.8 Å². The van der Waals surface area contributed by atoms with Gasteiger partial charge in [-0.1, -0.05) is 35.9 Å². The van der Waals surface area contributed by atoms with Crippen LogP contribution in [0.15, 0.2) is 45.2 Å². The number of esters is 1. The van der Waals surface area contributed by atoms with E-state index >= 15 is 0 Å². The Kier molecular flexibility index (Phi) is 7.04. The summed E-state index contributed by atoms with van der Waals surface area (Å²) >= 11 is 1.28. The molecule has 0 spiro atoms. The number of fused-ring (bicyclic) bond motifs is 1. The Balaban J connectivity index is 1.81. The molecule has 35 heavy (non-hydrogen) atoms. The van der Waals surface area contributed by atoms with Crippen LogP contribution in [0.4, 0.5) is 19.1 Å². The van der Waals surface area contributed by atoms with Gasteiger partial charge in [-0.05, 0) is 19.1 Å². The van der Waals surface area contributed by atoms with Gasteiger partial charge in [-0.3, -0.25) is 13.9 Å². The second-order valence-corrected chi connectivity index (χ2v) is 8.57. The van der Waals surface area contributed by atoms with Crippen molar-refractivity contribution in [2.24, 2.45) is 7.05 Å². The van der Waals surface area contributed by atoms with Crippen molar-refractivity contribution in [2.75, 3.05) is 24.5 Å². The fraction of sp³-hybridized carbons (Fsp3) is 0.364. The molecule has 1 atom stereocenters. The number of piperazine rings is 1. The van der Waals surface area contributed by atoms with Gasteiger partial charge in [0.05, 0.1) is 13.1 Å². The predicted molar refractivity (Wildman–Crippen MR) is 123 cm³/mol. The number of carbonyl (C=O) groups is 1. The van der Waals surface area contributed by atoms with Crippen LogP contribution in [0.2, 0.25) is 0 Å². The molecule has 1 aliphatic heterocycles. The number of carbonyl (C=O) groups excluding carboxylic acids is 1. The predicted octanol–water partition coefficient (Wildman–Crippen LogP) is 2.15. The number of alkyl halides is 3. The highest BCUT2D eigenvalue weighted by atomic mass is 32.2. The Morgan fingerprint density at radius 3 is 2.71 bits per heavy atom. The lowest BCUT2D eigenvalue weighted by molar-refractivity contribution is -0.205. The third kappa shape index (κ3) is 5.13. The molecule has 3 aromatic rings. The number of hydrogen-bond donors (Lipinski definition) is 1. The third-order valence-electron chi connectivity index (χ3n) is 5.22. The van der Waals surface area contributed by atoms with Gasteiger partial charge in [-0.25, -0.2) is 9.78 Å². The first-order valence-corrected chi connectivity index (χ1v) is 11.4. The summed E-state index contributed by atoms with van der Waals surface area (Å²) in [5.74, 6) is 3.46. The fourth-order valence-electron chi connectivity index (χ4n) is 3.55. The van der Waals surface area contributed by atoms with Crippen molar-refractivity contribution < 1.29 is 22.7 Å². The molecular weight excluding hydrogens is 485 g/mol. The summed E-state index contributed by atoms with van der Waals surface area (Å²) in [5.41, 5.74) is -0.106. The zero-order valence-electron chi connectivity index (χ0n) is 18.8. The van der Waals surface area contributed by atoms with Crippen LogP contribution in [0.1, 0.15) is 6.92 Å². The topological polar surface area (TPSA) is 94.3 Å². The second-order valence-electron chi connectivity index (χ2n) is 7.53.